The van der Waals surface area contributed by atoms with Crippen LogP contribution in [0.15, 0.2) is 4.90 Å². The number of esters is 1. The third kappa shape index (κ3) is 2.06. The summed E-state index contributed by atoms with van der Waals surface area (Å²) in [5, 5.41) is 8.76. The average molecular weight is 261 g/mol. The summed E-state index contributed by atoms with van der Waals surface area (Å²) in [6.07, 6.45) is 0. The molecule has 1 aromatic rings. The number of rotatable bonds is 2. The maximum Gasteiger partial charge on any atom is 0.349 e. The van der Waals surface area contributed by atoms with E-state index in [1.165, 1.54) is 6.92 Å². The quantitative estimate of drug-likeness (QED) is 0.628. The van der Waals surface area contributed by atoms with Gasteiger partial charge in [-0.05, 0) is 6.92 Å². The number of nitrogens with zero attached hydrogens (tertiary/aromatic N) is 1. The van der Waals surface area contributed by atoms with Gasteiger partial charge in [0.2, 0.25) is 0 Å². The molecule has 0 fully saturated rings. The van der Waals surface area contributed by atoms with Crippen LogP contribution in [0.5, 0.6) is 0 Å². The highest BCUT2D eigenvalue weighted by atomic mass is 32.2. The second-order valence-electron chi connectivity index (χ2n) is 2.77. The number of aryl methyl sites for hydroxylation is 1. The average Bonchev–Trinajstić information content (AvgIpc) is 2.53. The Bertz CT molecular complexity index is 578. The standard InChI is InChI=1S/C8H7NO5S2/c1-4-5(3-9)7(16(11,12)13)6(15-4)8(10)14-2/h1-2H3,(H,11,12,13). The molecule has 0 bridgehead atoms. The van der Waals surface area contributed by atoms with Crippen molar-refractivity contribution in [2.75, 3.05) is 7.11 Å². The molecule has 0 aliphatic heterocycles. The first kappa shape index (κ1) is 12.6. The number of methoxy groups -OCH3 is 1. The molecule has 86 valence electrons. The van der Waals surface area contributed by atoms with Crippen LogP contribution < -0.4 is 0 Å². The van der Waals surface area contributed by atoms with Gasteiger partial charge in [-0.3, -0.25) is 4.55 Å². The fourth-order valence-electron chi connectivity index (χ4n) is 1.13. The minimum Gasteiger partial charge on any atom is -0.465 e. The van der Waals surface area contributed by atoms with Gasteiger partial charge < -0.3 is 4.74 Å². The van der Waals surface area contributed by atoms with E-state index in [9.17, 15) is 13.2 Å². The van der Waals surface area contributed by atoms with Crippen LogP contribution >= 0.6 is 11.3 Å². The van der Waals surface area contributed by atoms with Crippen molar-refractivity contribution < 1.29 is 22.5 Å². The van der Waals surface area contributed by atoms with Crippen molar-refractivity contribution in [3.8, 4) is 6.07 Å². The first-order valence-electron chi connectivity index (χ1n) is 3.92. The van der Waals surface area contributed by atoms with E-state index in [-0.39, 0.29) is 10.4 Å². The first-order valence-corrected chi connectivity index (χ1v) is 6.17. The molecule has 0 amide bonds. The Balaban J connectivity index is 3.67. The van der Waals surface area contributed by atoms with Gasteiger partial charge in [0.25, 0.3) is 10.1 Å². The molecule has 0 saturated heterocycles. The highest BCUT2D eigenvalue weighted by Crippen LogP contribution is 2.31. The summed E-state index contributed by atoms with van der Waals surface area (Å²) in [7, 11) is -3.54. The van der Waals surface area contributed by atoms with Crippen LogP contribution in [0.1, 0.15) is 20.1 Å². The summed E-state index contributed by atoms with van der Waals surface area (Å²) in [5.74, 6) is -0.901. The summed E-state index contributed by atoms with van der Waals surface area (Å²) >= 11 is 0.789. The Labute approximate surface area is 95.8 Å². The van der Waals surface area contributed by atoms with Crippen LogP contribution in [0.2, 0.25) is 0 Å². The molecule has 0 aliphatic carbocycles. The summed E-state index contributed by atoms with van der Waals surface area (Å²) in [6.45, 7) is 1.48. The second-order valence-corrected chi connectivity index (χ2v) is 5.35. The Morgan fingerprint density at radius 2 is 2.12 bits per heavy atom. The molecule has 0 spiro atoms. The zero-order chi connectivity index (χ0) is 12.5. The van der Waals surface area contributed by atoms with Gasteiger partial charge >= 0.3 is 5.97 Å². The molecule has 1 N–H and O–H groups in total. The van der Waals surface area contributed by atoms with Crippen LogP contribution in [0.3, 0.4) is 0 Å². The summed E-state index contributed by atoms with van der Waals surface area (Å²) in [5.41, 5.74) is -0.229. The molecule has 0 aromatic carbocycles. The molecule has 0 aliphatic rings. The van der Waals surface area contributed by atoms with Gasteiger partial charge in [0, 0.05) is 4.88 Å². The molecule has 0 saturated carbocycles. The van der Waals surface area contributed by atoms with Crippen molar-refractivity contribution in [1.82, 2.24) is 0 Å². The number of hydrogen-bond acceptors (Lipinski definition) is 6. The van der Waals surface area contributed by atoms with Gasteiger partial charge in [-0.25, -0.2) is 4.79 Å². The number of ether oxygens (including phenoxy) is 1. The molecule has 0 unspecified atom stereocenters. The van der Waals surface area contributed by atoms with Crippen LogP contribution in [-0.2, 0) is 14.9 Å². The van der Waals surface area contributed by atoms with Crippen molar-refractivity contribution in [2.45, 2.75) is 11.8 Å². The molecule has 0 atom stereocenters. The zero-order valence-electron chi connectivity index (χ0n) is 8.34. The largest absolute Gasteiger partial charge is 0.465 e. The first-order chi connectivity index (χ1) is 7.32. The van der Waals surface area contributed by atoms with Crippen molar-refractivity contribution >= 4 is 27.4 Å². The van der Waals surface area contributed by atoms with Gasteiger partial charge in [0.1, 0.15) is 15.8 Å². The van der Waals surface area contributed by atoms with E-state index in [0.29, 0.717) is 4.88 Å². The van der Waals surface area contributed by atoms with E-state index in [1.54, 1.807) is 6.07 Å². The third-order valence-corrected chi connectivity index (χ3v) is 3.92. The number of hydrogen-bond donors (Lipinski definition) is 1. The van der Waals surface area contributed by atoms with E-state index >= 15 is 0 Å². The molecule has 1 aromatic heterocycles. The monoisotopic (exact) mass is 261 g/mol. The van der Waals surface area contributed by atoms with E-state index in [4.69, 9.17) is 9.81 Å². The molecular formula is C8H7NO5S2. The normalized spacial score (nSPS) is 10.9. The predicted molar refractivity (Wildman–Crippen MR) is 54.9 cm³/mol. The number of thiophene rings is 1. The lowest BCUT2D eigenvalue weighted by atomic mass is 10.3. The Kier molecular flexibility index (Phi) is 3.32. The topological polar surface area (TPSA) is 104 Å². The van der Waals surface area contributed by atoms with Crippen LogP contribution in [-0.4, -0.2) is 26.0 Å². The highest BCUT2D eigenvalue weighted by molar-refractivity contribution is 7.86. The lowest BCUT2D eigenvalue weighted by Gasteiger charge is -1.98. The molecule has 1 heterocycles. The maximum absolute atomic E-state index is 11.3. The SMILES string of the molecule is COC(=O)c1sc(C)c(C#N)c1S(=O)(=O)O. The van der Waals surface area contributed by atoms with Crippen molar-refractivity contribution in [1.29, 1.82) is 5.26 Å². The van der Waals surface area contributed by atoms with E-state index < -0.39 is 21.0 Å². The van der Waals surface area contributed by atoms with Crippen molar-refractivity contribution in [3.63, 3.8) is 0 Å². The lowest BCUT2D eigenvalue weighted by molar-refractivity contribution is 0.0602. The Morgan fingerprint density at radius 1 is 1.56 bits per heavy atom. The summed E-state index contributed by atoms with van der Waals surface area (Å²) < 4.78 is 35.5. The number of nitriles is 1. The molecule has 0 radical (unpaired) electrons. The summed E-state index contributed by atoms with van der Waals surface area (Å²) in [4.78, 5) is 10.6. The smallest absolute Gasteiger partial charge is 0.349 e. The third-order valence-electron chi connectivity index (χ3n) is 1.78. The van der Waals surface area contributed by atoms with E-state index in [2.05, 4.69) is 4.74 Å². The van der Waals surface area contributed by atoms with Gasteiger partial charge in [0.15, 0.2) is 0 Å². The molecule has 16 heavy (non-hydrogen) atoms. The van der Waals surface area contributed by atoms with Crippen LogP contribution in [0.25, 0.3) is 0 Å². The maximum atomic E-state index is 11.3. The van der Waals surface area contributed by atoms with Crippen molar-refractivity contribution in [3.05, 3.63) is 15.3 Å². The van der Waals surface area contributed by atoms with Crippen LogP contribution in [0, 0.1) is 18.3 Å². The second kappa shape index (κ2) is 4.21. The minimum absolute atomic E-state index is 0.229. The molecule has 1 rings (SSSR count). The van der Waals surface area contributed by atoms with Gasteiger partial charge in [-0.15, -0.1) is 11.3 Å². The Hall–Kier alpha value is -1.43. The Morgan fingerprint density at radius 3 is 2.50 bits per heavy atom. The van der Waals surface area contributed by atoms with Gasteiger partial charge in [-0.2, -0.15) is 13.7 Å². The number of carbonyl (C=O) groups is 1. The van der Waals surface area contributed by atoms with Gasteiger partial charge in [-0.1, -0.05) is 0 Å². The van der Waals surface area contributed by atoms with E-state index in [1.807, 2.05) is 0 Å². The van der Waals surface area contributed by atoms with Crippen LogP contribution in [0.4, 0.5) is 0 Å². The van der Waals surface area contributed by atoms with Gasteiger partial charge in [0.05, 0.1) is 12.7 Å². The fraction of sp³-hybridized carbons (Fsp3) is 0.250. The predicted octanol–water partition coefficient (Wildman–Crippen LogP) is 0.962. The molecule has 8 heteroatoms. The minimum atomic E-state index is -4.62. The highest BCUT2D eigenvalue weighted by Gasteiger charge is 2.29. The lowest BCUT2D eigenvalue weighted by Crippen LogP contribution is -2.08. The molecule has 6 nitrogen and oxygen atoms in total. The molecular weight excluding hydrogens is 254 g/mol. The zero-order valence-corrected chi connectivity index (χ0v) is 9.98. The number of carbonyl (C=O) groups excluding carboxylic acids is 1. The van der Waals surface area contributed by atoms with Crippen molar-refractivity contribution in [2.24, 2.45) is 0 Å². The summed E-state index contributed by atoms with van der Waals surface area (Å²) in [6, 6.07) is 1.63. The van der Waals surface area contributed by atoms with E-state index in [0.717, 1.165) is 18.4 Å². The fourth-order valence-corrected chi connectivity index (χ4v) is 3.32.